The van der Waals surface area contributed by atoms with E-state index in [9.17, 15) is 4.79 Å². The molecule has 2 atom stereocenters. The molecule has 1 saturated heterocycles. The first-order valence-corrected chi connectivity index (χ1v) is 7.01. The maximum Gasteiger partial charge on any atom is 0.254 e. The molecule has 1 amide bonds. The minimum Gasteiger partial charge on any atom is -0.337 e. The number of aryl methyl sites for hydroxylation is 2. The Morgan fingerprint density at radius 1 is 1.37 bits per heavy atom. The number of likely N-dealkylation sites (tertiary alicyclic amines) is 1. The molecular weight excluding hydrogens is 238 g/mol. The standard InChI is InChI=1S/C15H23N3O/c1-4-5-12-8-18(9-14(12)16)15(19)13-6-10(2)17-11(3)7-13/h6-7,12,14H,4-5,8-9,16H2,1-3H3/t12-,14-/m1/s1. The Kier molecular flexibility index (Phi) is 4.20. The number of hydrogen-bond donors (Lipinski definition) is 1. The molecule has 0 bridgehead atoms. The van der Waals surface area contributed by atoms with Gasteiger partial charge >= 0.3 is 0 Å². The summed E-state index contributed by atoms with van der Waals surface area (Å²) in [7, 11) is 0. The van der Waals surface area contributed by atoms with Crippen molar-refractivity contribution in [2.75, 3.05) is 13.1 Å². The lowest BCUT2D eigenvalue weighted by atomic mass is 9.99. The smallest absolute Gasteiger partial charge is 0.254 e. The van der Waals surface area contributed by atoms with Crippen molar-refractivity contribution in [3.63, 3.8) is 0 Å². The number of nitrogens with zero attached hydrogens (tertiary/aromatic N) is 2. The van der Waals surface area contributed by atoms with Crippen molar-refractivity contribution in [1.29, 1.82) is 0 Å². The number of rotatable bonds is 3. The van der Waals surface area contributed by atoms with E-state index in [4.69, 9.17) is 5.73 Å². The molecule has 0 radical (unpaired) electrons. The van der Waals surface area contributed by atoms with E-state index in [-0.39, 0.29) is 11.9 Å². The molecule has 104 valence electrons. The van der Waals surface area contributed by atoms with E-state index in [2.05, 4.69) is 11.9 Å². The molecule has 4 heteroatoms. The molecule has 2 heterocycles. The number of carbonyl (C=O) groups is 1. The third-order valence-corrected chi connectivity index (χ3v) is 3.77. The molecule has 0 saturated carbocycles. The minimum atomic E-state index is 0.0858. The van der Waals surface area contributed by atoms with Crippen molar-refractivity contribution in [2.45, 2.75) is 39.7 Å². The fraction of sp³-hybridized carbons (Fsp3) is 0.600. The predicted octanol–water partition coefficient (Wildman–Crippen LogP) is 1.90. The largest absolute Gasteiger partial charge is 0.337 e. The van der Waals surface area contributed by atoms with Crippen LogP contribution in [0.4, 0.5) is 0 Å². The van der Waals surface area contributed by atoms with Gasteiger partial charge in [0.25, 0.3) is 5.91 Å². The summed E-state index contributed by atoms with van der Waals surface area (Å²) in [6.45, 7) is 7.45. The van der Waals surface area contributed by atoms with Crippen molar-refractivity contribution in [3.05, 3.63) is 29.1 Å². The molecular formula is C15H23N3O. The Labute approximate surface area is 115 Å². The molecule has 1 aromatic rings. The second kappa shape index (κ2) is 5.70. The zero-order valence-electron chi connectivity index (χ0n) is 12.0. The Morgan fingerprint density at radius 2 is 2.00 bits per heavy atom. The van der Waals surface area contributed by atoms with Crippen LogP contribution in [0.3, 0.4) is 0 Å². The number of carbonyl (C=O) groups excluding carboxylic acids is 1. The lowest BCUT2D eigenvalue weighted by Gasteiger charge is -2.16. The van der Waals surface area contributed by atoms with Gasteiger partial charge in [-0.2, -0.15) is 0 Å². The van der Waals surface area contributed by atoms with E-state index in [1.165, 1.54) is 0 Å². The summed E-state index contributed by atoms with van der Waals surface area (Å²) >= 11 is 0. The summed E-state index contributed by atoms with van der Waals surface area (Å²) in [6, 6.07) is 3.83. The Balaban J connectivity index is 2.12. The molecule has 0 aliphatic carbocycles. The van der Waals surface area contributed by atoms with Crippen molar-refractivity contribution in [2.24, 2.45) is 11.7 Å². The first kappa shape index (κ1) is 14.0. The molecule has 1 fully saturated rings. The summed E-state index contributed by atoms with van der Waals surface area (Å²) < 4.78 is 0. The van der Waals surface area contributed by atoms with Gasteiger partial charge in [-0.1, -0.05) is 13.3 Å². The summed E-state index contributed by atoms with van der Waals surface area (Å²) in [6.07, 6.45) is 2.22. The van der Waals surface area contributed by atoms with Crippen LogP contribution in [0.25, 0.3) is 0 Å². The topological polar surface area (TPSA) is 59.2 Å². The van der Waals surface area contributed by atoms with Gasteiger partial charge in [0.2, 0.25) is 0 Å². The predicted molar refractivity (Wildman–Crippen MR) is 76.0 cm³/mol. The maximum absolute atomic E-state index is 12.5. The summed E-state index contributed by atoms with van der Waals surface area (Å²) in [5.41, 5.74) is 8.63. The normalized spacial score (nSPS) is 22.8. The molecule has 1 aromatic heterocycles. The van der Waals surface area contributed by atoms with Crippen molar-refractivity contribution in [3.8, 4) is 0 Å². The van der Waals surface area contributed by atoms with E-state index in [0.717, 1.165) is 36.3 Å². The first-order valence-electron chi connectivity index (χ1n) is 7.01. The monoisotopic (exact) mass is 261 g/mol. The molecule has 19 heavy (non-hydrogen) atoms. The van der Waals surface area contributed by atoms with Crippen LogP contribution < -0.4 is 5.73 Å². The Hall–Kier alpha value is -1.42. The second-order valence-corrected chi connectivity index (χ2v) is 5.56. The summed E-state index contributed by atoms with van der Waals surface area (Å²) in [5.74, 6) is 0.528. The van der Waals surface area contributed by atoms with Crippen LogP contribution in [0, 0.1) is 19.8 Å². The quantitative estimate of drug-likeness (QED) is 0.904. The fourth-order valence-electron chi connectivity index (χ4n) is 2.88. The molecule has 0 unspecified atom stereocenters. The van der Waals surface area contributed by atoms with Gasteiger partial charge in [-0.3, -0.25) is 9.78 Å². The highest BCUT2D eigenvalue weighted by atomic mass is 16.2. The highest BCUT2D eigenvalue weighted by Crippen LogP contribution is 2.22. The van der Waals surface area contributed by atoms with Gasteiger partial charge in [0.05, 0.1) is 0 Å². The van der Waals surface area contributed by atoms with Crippen LogP contribution in [-0.2, 0) is 0 Å². The molecule has 2 N–H and O–H groups in total. The van der Waals surface area contributed by atoms with Gasteiger partial charge in [-0.05, 0) is 38.3 Å². The van der Waals surface area contributed by atoms with Gasteiger partial charge in [0.15, 0.2) is 0 Å². The number of nitrogens with two attached hydrogens (primary N) is 1. The first-order chi connectivity index (χ1) is 9.01. The minimum absolute atomic E-state index is 0.0858. The molecule has 1 aliphatic heterocycles. The average Bonchev–Trinajstić information content (AvgIpc) is 2.69. The van der Waals surface area contributed by atoms with Crippen molar-refractivity contribution < 1.29 is 4.79 Å². The van der Waals surface area contributed by atoms with Crippen LogP contribution in [0.5, 0.6) is 0 Å². The van der Waals surface area contributed by atoms with Gasteiger partial charge in [0, 0.05) is 36.1 Å². The fourth-order valence-corrected chi connectivity index (χ4v) is 2.88. The molecule has 0 spiro atoms. The SMILES string of the molecule is CCC[C@@H]1CN(C(=O)c2cc(C)nc(C)c2)C[C@H]1N. The highest BCUT2D eigenvalue weighted by Gasteiger charge is 2.32. The van der Waals surface area contributed by atoms with Crippen LogP contribution in [0.15, 0.2) is 12.1 Å². The van der Waals surface area contributed by atoms with E-state index in [0.29, 0.717) is 12.5 Å². The van der Waals surface area contributed by atoms with E-state index in [1.54, 1.807) is 0 Å². The number of pyridine rings is 1. The number of hydrogen-bond acceptors (Lipinski definition) is 3. The number of aromatic nitrogens is 1. The highest BCUT2D eigenvalue weighted by molar-refractivity contribution is 5.94. The van der Waals surface area contributed by atoms with Gasteiger partial charge in [-0.15, -0.1) is 0 Å². The van der Waals surface area contributed by atoms with E-state index >= 15 is 0 Å². The molecule has 0 aromatic carbocycles. The van der Waals surface area contributed by atoms with E-state index < -0.39 is 0 Å². The van der Waals surface area contributed by atoms with Gasteiger partial charge < -0.3 is 10.6 Å². The van der Waals surface area contributed by atoms with E-state index in [1.807, 2.05) is 30.9 Å². The van der Waals surface area contributed by atoms with Crippen molar-refractivity contribution in [1.82, 2.24) is 9.88 Å². The zero-order chi connectivity index (χ0) is 14.0. The summed E-state index contributed by atoms with van der Waals surface area (Å²) in [4.78, 5) is 18.7. The van der Waals surface area contributed by atoms with Crippen LogP contribution in [-0.4, -0.2) is 34.9 Å². The molecule has 2 rings (SSSR count). The zero-order valence-corrected chi connectivity index (χ0v) is 12.0. The van der Waals surface area contributed by atoms with Crippen molar-refractivity contribution >= 4 is 5.91 Å². The van der Waals surface area contributed by atoms with Crippen LogP contribution in [0.1, 0.15) is 41.5 Å². The lowest BCUT2D eigenvalue weighted by Crippen LogP contribution is -2.32. The molecule has 4 nitrogen and oxygen atoms in total. The second-order valence-electron chi connectivity index (χ2n) is 5.56. The van der Waals surface area contributed by atoms with Gasteiger partial charge in [-0.25, -0.2) is 0 Å². The maximum atomic E-state index is 12.5. The van der Waals surface area contributed by atoms with Gasteiger partial charge in [0.1, 0.15) is 0 Å². The third kappa shape index (κ3) is 3.13. The summed E-state index contributed by atoms with van der Waals surface area (Å²) in [5, 5.41) is 0. The molecule has 1 aliphatic rings. The number of amides is 1. The van der Waals surface area contributed by atoms with Crippen LogP contribution in [0.2, 0.25) is 0 Å². The lowest BCUT2D eigenvalue weighted by molar-refractivity contribution is 0.0785. The Morgan fingerprint density at radius 3 is 2.58 bits per heavy atom. The average molecular weight is 261 g/mol. The Bertz CT molecular complexity index is 452. The third-order valence-electron chi connectivity index (χ3n) is 3.77. The van der Waals surface area contributed by atoms with Crippen LogP contribution >= 0.6 is 0 Å².